The summed E-state index contributed by atoms with van der Waals surface area (Å²) in [7, 11) is 0. The van der Waals surface area contributed by atoms with Gasteiger partial charge in [0.05, 0.1) is 40.1 Å². The van der Waals surface area contributed by atoms with Gasteiger partial charge in [-0.25, -0.2) is 9.97 Å². The molecule has 0 saturated heterocycles. The number of phenolic OH excluding ortho intramolecular Hbond substituents is 3. The molecule has 7 aromatic rings. The molecule has 238 valence electrons. The first kappa shape index (κ1) is 34.9. The van der Waals surface area contributed by atoms with E-state index in [2.05, 4.69) is 19.9 Å². The summed E-state index contributed by atoms with van der Waals surface area (Å²) >= 11 is 31.8. The van der Waals surface area contributed by atoms with E-state index in [1.54, 1.807) is 30.6 Å². The molecule has 47 heavy (non-hydrogen) atoms. The van der Waals surface area contributed by atoms with Gasteiger partial charge in [-0.1, -0.05) is 71.0 Å². The van der Waals surface area contributed by atoms with E-state index < -0.39 is 0 Å². The Bertz CT molecular complexity index is 2260. The molecule has 3 N–H and O–H groups in total. The van der Waals surface area contributed by atoms with Gasteiger partial charge in [0.1, 0.15) is 16.6 Å². The molecule has 7 nitrogen and oxygen atoms in total. The Hall–Kier alpha value is -3.38. The summed E-state index contributed by atoms with van der Waals surface area (Å²) < 4.78 is 0.716. The number of hydrogen-bond acceptors (Lipinski definition) is 7. The molecule has 0 aliphatic carbocycles. The van der Waals surface area contributed by atoms with E-state index in [0.717, 1.165) is 28.6 Å². The van der Waals surface area contributed by atoms with Crippen molar-refractivity contribution in [3.05, 3.63) is 120 Å². The number of fused-ring (bicyclic) bond motifs is 3. The summed E-state index contributed by atoms with van der Waals surface area (Å²) in [4.78, 5) is 17.0. The second kappa shape index (κ2) is 15.2. The van der Waals surface area contributed by atoms with Crippen molar-refractivity contribution in [3.8, 4) is 28.6 Å². The molecule has 3 aromatic carbocycles. The summed E-state index contributed by atoms with van der Waals surface area (Å²) in [6.45, 7) is 2.00. The zero-order chi connectivity index (χ0) is 33.8. The molecule has 4 heterocycles. The van der Waals surface area contributed by atoms with Crippen LogP contribution in [-0.2, 0) is 6.42 Å². The smallest absolute Gasteiger partial charge is 0.160 e. The number of rotatable bonds is 2. The Morgan fingerprint density at radius 3 is 1.74 bits per heavy atom. The van der Waals surface area contributed by atoms with E-state index >= 15 is 0 Å². The fraction of sp³-hybridized carbons (Fsp3) is 0.0588. The van der Waals surface area contributed by atoms with E-state index in [4.69, 9.17) is 58.0 Å². The zero-order valence-electron chi connectivity index (χ0n) is 24.2. The number of aromatic nitrogens is 4. The van der Waals surface area contributed by atoms with E-state index in [9.17, 15) is 15.3 Å². The lowest BCUT2D eigenvalue weighted by molar-refractivity contribution is 0.476. The van der Waals surface area contributed by atoms with Crippen molar-refractivity contribution in [2.45, 2.75) is 13.3 Å². The lowest BCUT2D eigenvalue weighted by atomic mass is 10.1. The molecule has 0 bridgehead atoms. The van der Waals surface area contributed by atoms with Gasteiger partial charge in [-0.2, -0.15) is 0 Å². The second-order valence-electron chi connectivity index (χ2n) is 9.83. The molecule has 0 saturated carbocycles. The third-order valence-corrected chi connectivity index (χ3v) is 9.17. The molecule has 0 fully saturated rings. The molecule has 0 aliphatic rings. The largest absolute Gasteiger partial charge is 0.505 e. The topological polar surface area (TPSA) is 112 Å². The highest BCUT2D eigenvalue weighted by Gasteiger charge is 2.13. The number of phenols is 3. The second-order valence-corrected chi connectivity index (χ2v) is 13.0. The Morgan fingerprint density at radius 2 is 1.13 bits per heavy atom. The maximum absolute atomic E-state index is 9.98. The van der Waals surface area contributed by atoms with Crippen LogP contribution in [0.15, 0.2) is 85.2 Å². The van der Waals surface area contributed by atoms with Crippen LogP contribution in [0.5, 0.6) is 17.2 Å². The van der Waals surface area contributed by atoms with Gasteiger partial charge in [-0.3, -0.25) is 9.97 Å². The Kier molecular flexibility index (Phi) is 11.3. The number of halogens is 6. The molecule has 0 unspecified atom stereocenters. The Labute approximate surface area is 307 Å². The summed E-state index contributed by atoms with van der Waals surface area (Å²) in [6.07, 6.45) is 4.12. The summed E-state index contributed by atoms with van der Waals surface area (Å²) in [5.74, 6) is 0.116. The maximum Gasteiger partial charge on any atom is 0.160 e. The van der Waals surface area contributed by atoms with Gasteiger partial charge in [0.15, 0.2) is 17.2 Å². The van der Waals surface area contributed by atoms with Crippen LogP contribution in [0.4, 0.5) is 0 Å². The SMILES string of the molecule is CCc1ccc2c(Cl)cc(Cl)c(O)c2n1.Oc1c(Cl)cc(Cl)c2ccc(-c3ccccn3)nc12.Oc1c(I)cc(Cl)c2cccnc12. The highest BCUT2D eigenvalue weighted by molar-refractivity contribution is 14.1. The molecular weight excluding hydrogens is 817 g/mol. The lowest BCUT2D eigenvalue weighted by Gasteiger charge is -2.07. The monoisotopic (exact) mass is 836 g/mol. The number of nitrogens with zero attached hydrogens (tertiary/aromatic N) is 4. The average molecular weight is 839 g/mol. The van der Waals surface area contributed by atoms with Crippen LogP contribution in [0, 0.1) is 3.57 Å². The number of pyridine rings is 4. The van der Waals surface area contributed by atoms with Crippen LogP contribution in [0.25, 0.3) is 44.1 Å². The highest BCUT2D eigenvalue weighted by Crippen LogP contribution is 2.38. The predicted molar refractivity (Wildman–Crippen MR) is 201 cm³/mol. The van der Waals surface area contributed by atoms with Crippen molar-refractivity contribution in [3.63, 3.8) is 0 Å². The van der Waals surface area contributed by atoms with Gasteiger partial charge in [-0.05, 0) is 95.7 Å². The third-order valence-electron chi connectivity index (χ3n) is 6.83. The first-order valence-corrected chi connectivity index (χ1v) is 16.7. The number of aromatic hydroxyl groups is 3. The van der Waals surface area contributed by atoms with E-state index in [0.29, 0.717) is 46.3 Å². The predicted octanol–water partition coefficient (Wildman–Crippen LogP) is 11.3. The number of benzene rings is 3. The van der Waals surface area contributed by atoms with Gasteiger partial charge in [0, 0.05) is 34.2 Å². The highest BCUT2D eigenvalue weighted by atomic mass is 127. The quantitative estimate of drug-likeness (QED) is 0.149. The van der Waals surface area contributed by atoms with Crippen molar-refractivity contribution in [1.29, 1.82) is 0 Å². The van der Waals surface area contributed by atoms with Crippen molar-refractivity contribution in [1.82, 2.24) is 19.9 Å². The van der Waals surface area contributed by atoms with Gasteiger partial charge < -0.3 is 15.3 Å². The number of aryl methyl sites for hydroxylation is 1. The Balaban J connectivity index is 0.000000141. The van der Waals surface area contributed by atoms with Crippen LogP contribution in [-0.4, -0.2) is 35.3 Å². The van der Waals surface area contributed by atoms with Gasteiger partial charge >= 0.3 is 0 Å². The van der Waals surface area contributed by atoms with Crippen molar-refractivity contribution in [2.75, 3.05) is 0 Å². The fourth-order valence-corrected chi connectivity index (χ4v) is 6.50. The third kappa shape index (κ3) is 7.69. The summed E-state index contributed by atoms with van der Waals surface area (Å²) in [5.41, 5.74) is 3.67. The normalized spacial score (nSPS) is 10.8. The standard InChI is InChI=1S/C14H8Cl2N2O.C11H9Cl2NO.C9H5ClINO/c15-9-7-10(16)14(19)13-8(9)4-5-12(18-13)11-3-1-2-6-17-11;1-2-6-3-4-7-8(12)5-9(13)11(15)10(7)14-6;10-6-4-7(11)9(13)8-5(6)2-1-3-12-8/h1-7,19H;3-5,15H,2H2,1H3;1-4,13H. The van der Waals surface area contributed by atoms with Crippen LogP contribution < -0.4 is 0 Å². The van der Waals surface area contributed by atoms with Crippen molar-refractivity contribution < 1.29 is 15.3 Å². The van der Waals surface area contributed by atoms with Crippen molar-refractivity contribution in [2.24, 2.45) is 0 Å². The number of hydrogen-bond donors (Lipinski definition) is 3. The first-order chi connectivity index (χ1) is 22.5. The van der Waals surface area contributed by atoms with Gasteiger partial charge in [0.2, 0.25) is 0 Å². The van der Waals surface area contributed by atoms with E-state index in [1.807, 2.05) is 72.0 Å². The Morgan fingerprint density at radius 1 is 0.553 bits per heavy atom. The molecule has 4 aromatic heterocycles. The maximum atomic E-state index is 9.98. The molecule has 13 heteroatoms. The molecule has 0 amide bonds. The first-order valence-electron chi connectivity index (χ1n) is 13.8. The summed E-state index contributed by atoms with van der Waals surface area (Å²) in [5, 5.41) is 33.5. The van der Waals surface area contributed by atoms with E-state index in [1.165, 1.54) is 12.1 Å². The molecule has 0 atom stereocenters. The molecule has 7 rings (SSSR count). The van der Waals surface area contributed by atoms with E-state index in [-0.39, 0.29) is 27.3 Å². The lowest BCUT2D eigenvalue weighted by Crippen LogP contribution is -1.89. The molecule has 0 aliphatic heterocycles. The molecule has 0 spiro atoms. The minimum atomic E-state index is -0.0705. The average Bonchev–Trinajstić information content (AvgIpc) is 3.09. The van der Waals surface area contributed by atoms with Crippen molar-refractivity contribution >= 4 is 113 Å². The zero-order valence-corrected chi connectivity index (χ0v) is 30.1. The van der Waals surface area contributed by atoms with Crippen LogP contribution >= 0.6 is 80.6 Å². The minimum Gasteiger partial charge on any atom is -0.505 e. The van der Waals surface area contributed by atoms with Gasteiger partial charge in [-0.15, -0.1) is 0 Å². The molecular formula is C34H22Cl5IN4O3. The minimum absolute atomic E-state index is 0.00799. The van der Waals surface area contributed by atoms with Gasteiger partial charge in [0.25, 0.3) is 0 Å². The van der Waals surface area contributed by atoms with Crippen LogP contribution in [0.1, 0.15) is 12.6 Å². The van der Waals surface area contributed by atoms with Crippen LogP contribution in [0.2, 0.25) is 25.1 Å². The summed E-state index contributed by atoms with van der Waals surface area (Å²) in [6, 6.07) is 21.3. The fourth-order valence-electron chi connectivity index (χ4n) is 4.46. The molecule has 0 radical (unpaired) electrons. The van der Waals surface area contributed by atoms with Crippen LogP contribution in [0.3, 0.4) is 0 Å².